The minimum Gasteiger partial charge on any atom is -0.508 e. The normalized spacial score (nSPS) is 13.0. The number of guanidine groups is 1. The van der Waals surface area contributed by atoms with Crippen molar-refractivity contribution in [2.75, 3.05) is 6.54 Å². The molecule has 0 aliphatic heterocycles. The fraction of sp³-hybridized carbons (Fsp3) is 0.190. The van der Waals surface area contributed by atoms with Crippen LogP contribution in [0.3, 0.4) is 0 Å². The number of carbonyl (C=O) groups is 4. The molecule has 0 spiro atoms. The summed E-state index contributed by atoms with van der Waals surface area (Å²) in [4.78, 5) is 49.6. The number of carboxylic acid groups (broad SMARTS) is 1. The third-order valence-corrected chi connectivity index (χ3v) is 4.84. The van der Waals surface area contributed by atoms with Gasteiger partial charge in [0, 0.05) is 29.3 Å². The Hall–Kier alpha value is -4.25. The van der Waals surface area contributed by atoms with Gasteiger partial charge < -0.3 is 31.7 Å². The van der Waals surface area contributed by atoms with Gasteiger partial charge in [-0.25, -0.2) is 9.59 Å². The maximum atomic E-state index is 13.0. The van der Waals surface area contributed by atoms with Crippen molar-refractivity contribution in [2.45, 2.75) is 18.9 Å². The number of phenolic OH excluding ortho intramolecular Hbond substituents is 1. The minimum absolute atomic E-state index is 0.0462. The smallest absolute Gasteiger partial charge is 0.335 e. The van der Waals surface area contributed by atoms with Gasteiger partial charge in [-0.2, -0.15) is 0 Å². The van der Waals surface area contributed by atoms with Gasteiger partial charge >= 0.3 is 11.9 Å². The van der Waals surface area contributed by atoms with Gasteiger partial charge in [-0.3, -0.25) is 15.0 Å². The van der Waals surface area contributed by atoms with Crippen LogP contribution in [0.25, 0.3) is 0 Å². The third kappa shape index (κ3) is 4.42. The molecule has 1 aliphatic rings. The number of carbonyl (C=O) groups excluding carboxylic acids is 3. The number of aromatic hydroxyl groups is 1. The van der Waals surface area contributed by atoms with E-state index in [-0.39, 0.29) is 45.9 Å². The van der Waals surface area contributed by atoms with Crippen LogP contribution in [0.1, 0.15) is 55.0 Å². The van der Waals surface area contributed by atoms with Crippen LogP contribution < -0.4 is 21.5 Å². The van der Waals surface area contributed by atoms with Crippen molar-refractivity contribution in [1.29, 1.82) is 5.41 Å². The van der Waals surface area contributed by atoms with Gasteiger partial charge in [-0.05, 0) is 37.1 Å². The highest BCUT2D eigenvalue weighted by molar-refractivity contribution is 6.30. The zero-order valence-corrected chi connectivity index (χ0v) is 16.7. The lowest BCUT2D eigenvalue weighted by atomic mass is 9.82. The molecule has 0 saturated carbocycles. The Morgan fingerprint density at radius 3 is 2.47 bits per heavy atom. The van der Waals surface area contributed by atoms with E-state index in [1.54, 1.807) is 0 Å². The summed E-state index contributed by atoms with van der Waals surface area (Å²) in [5.41, 5.74) is 10.2. The van der Waals surface area contributed by atoms with Crippen molar-refractivity contribution in [3.8, 4) is 11.5 Å². The second-order valence-electron chi connectivity index (χ2n) is 7.10. The lowest BCUT2D eigenvalue weighted by Crippen LogP contribution is -2.36. The maximum Gasteiger partial charge on any atom is 0.335 e. The fourth-order valence-corrected chi connectivity index (χ4v) is 3.28. The van der Waals surface area contributed by atoms with Gasteiger partial charge in [0.1, 0.15) is 17.5 Å². The summed E-state index contributed by atoms with van der Waals surface area (Å²) in [6.45, 7) is 0.319. The standard InChI is InChI=1S/C21H20N4O7/c22-14(2-1-5-25-21(23)24)20(31)32-15-8-10(26)7-13-16(15)18(28)11-4-3-9(19(29)30)6-12(11)17(13)27/h3-4,6-8,14,26H,1-2,5,22H2,(H,29,30)(H4,23,24,25)/t14-/m0/s1. The molecular formula is C21H20N4O7. The molecule has 8 N–H and O–H groups in total. The number of hydrogen-bond acceptors (Lipinski definition) is 8. The van der Waals surface area contributed by atoms with E-state index in [0.29, 0.717) is 13.0 Å². The quantitative estimate of drug-likeness (QED) is 0.0977. The van der Waals surface area contributed by atoms with E-state index in [1.165, 1.54) is 12.1 Å². The molecule has 0 unspecified atom stereocenters. The van der Waals surface area contributed by atoms with Crippen LogP contribution in [-0.4, -0.2) is 52.3 Å². The van der Waals surface area contributed by atoms with E-state index in [0.717, 1.165) is 18.2 Å². The van der Waals surface area contributed by atoms with Crippen molar-refractivity contribution in [3.63, 3.8) is 0 Å². The molecule has 0 bridgehead atoms. The van der Waals surface area contributed by atoms with Gasteiger partial charge in [-0.1, -0.05) is 0 Å². The average molecular weight is 440 g/mol. The lowest BCUT2D eigenvalue weighted by Gasteiger charge is -2.21. The van der Waals surface area contributed by atoms with Crippen molar-refractivity contribution in [1.82, 2.24) is 5.32 Å². The van der Waals surface area contributed by atoms with E-state index in [1.807, 2.05) is 0 Å². The highest BCUT2D eigenvalue weighted by atomic mass is 16.5. The number of carboxylic acids is 1. The van der Waals surface area contributed by atoms with Gasteiger partial charge in [0.2, 0.25) is 0 Å². The topological polar surface area (TPSA) is 206 Å². The largest absolute Gasteiger partial charge is 0.508 e. The second-order valence-corrected chi connectivity index (χ2v) is 7.10. The number of ketones is 2. The molecule has 0 fully saturated rings. The molecule has 1 atom stereocenters. The Morgan fingerprint density at radius 2 is 1.81 bits per heavy atom. The number of fused-ring (bicyclic) bond motifs is 2. The van der Waals surface area contributed by atoms with Crippen LogP contribution >= 0.6 is 0 Å². The van der Waals surface area contributed by atoms with Gasteiger partial charge in [-0.15, -0.1) is 0 Å². The van der Waals surface area contributed by atoms with Crippen molar-refractivity contribution < 1.29 is 34.1 Å². The van der Waals surface area contributed by atoms with E-state index in [2.05, 4.69) is 5.32 Å². The fourth-order valence-electron chi connectivity index (χ4n) is 3.28. The summed E-state index contributed by atoms with van der Waals surface area (Å²) >= 11 is 0. The van der Waals surface area contributed by atoms with E-state index >= 15 is 0 Å². The van der Waals surface area contributed by atoms with Crippen molar-refractivity contribution >= 4 is 29.5 Å². The van der Waals surface area contributed by atoms with Crippen LogP contribution in [0, 0.1) is 5.41 Å². The maximum absolute atomic E-state index is 13.0. The molecule has 3 rings (SSSR count). The van der Waals surface area contributed by atoms with Crippen LogP contribution in [0.5, 0.6) is 11.5 Å². The summed E-state index contributed by atoms with van der Waals surface area (Å²) < 4.78 is 5.25. The van der Waals surface area contributed by atoms with Crippen molar-refractivity contribution in [2.24, 2.45) is 11.5 Å². The van der Waals surface area contributed by atoms with Crippen LogP contribution in [0.4, 0.5) is 0 Å². The highest BCUT2D eigenvalue weighted by Crippen LogP contribution is 2.36. The molecule has 166 valence electrons. The Bertz CT molecular complexity index is 1160. The van der Waals surface area contributed by atoms with E-state index < -0.39 is 35.3 Å². The molecule has 0 saturated heterocycles. The number of nitrogens with two attached hydrogens (primary N) is 2. The number of phenols is 1. The third-order valence-electron chi connectivity index (χ3n) is 4.84. The average Bonchev–Trinajstić information content (AvgIpc) is 2.73. The van der Waals surface area contributed by atoms with Gasteiger partial charge in [0.05, 0.1) is 11.1 Å². The number of nitrogens with one attached hydrogen (secondary N) is 2. The predicted octanol–water partition coefficient (Wildman–Crippen LogP) is 0.362. The lowest BCUT2D eigenvalue weighted by molar-refractivity contribution is -0.136. The molecule has 11 heteroatoms. The monoisotopic (exact) mass is 440 g/mol. The first kappa shape index (κ1) is 22.4. The number of rotatable bonds is 7. The Morgan fingerprint density at radius 1 is 1.09 bits per heavy atom. The predicted molar refractivity (Wildman–Crippen MR) is 111 cm³/mol. The first-order chi connectivity index (χ1) is 15.1. The van der Waals surface area contributed by atoms with Crippen LogP contribution in [0.2, 0.25) is 0 Å². The highest BCUT2D eigenvalue weighted by Gasteiger charge is 2.34. The van der Waals surface area contributed by atoms with Gasteiger partial charge in [0.25, 0.3) is 0 Å². The first-order valence-electron chi connectivity index (χ1n) is 9.49. The number of aromatic carboxylic acids is 1. The molecule has 2 aromatic rings. The molecule has 0 amide bonds. The van der Waals surface area contributed by atoms with E-state index in [4.69, 9.17) is 26.7 Å². The number of ether oxygens (including phenoxy) is 1. The minimum atomic E-state index is -1.27. The Kier molecular flexibility index (Phi) is 6.21. The zero-order valence-electron chi connectivity index (χ0n) is 16.7. The molecule has 0 aromatic heterocycles. The van der Waals surface area contributed by atoms with E-state index in [9.17, 15) is 24.3 Å². The first-order valence-corrected chi connectivity index (χ1v) is 9.49. The summed E-state index contributed by atoms with van der Waals surface area (Å²) in [7, 11) is 0. The number of benzene rings is 2. The SMILES string of the molecule is N=C(N)NCCC[C@H](N)C(=O)Oc1cc(O)cc2c1C(=O)c1ccc(C(=O)O)cc1C2=O. The number of esters is 1. The molecule has 0 heterocycles. The molecule has 2 aromatic carbocycles. The van der Waals surface area contributed by atoms with Crippen LogP contribution in [-0.2, 0) is 4.79 Å². The molecule has 0 radical (unpaired) electrons. The molecule has 32 heavy (non-hydrogen) atoms. The van der Waals surface area contributed by atoms with Crippen molar-refractivity contribution in [3.05, 3.63) is 58.1 Å². The zero-order chi connectivity index (χ0) is 23.6. The molecular weight excluding hydrogens is 420 g/mol. The molecule has 1 aliphatic carbocycles. The summed E-state index contributed by atoms with van der Waals surface area (Å²) in [5.74, 6) is -4.46. The van der Waals surface area contributed by atoms with Crippen LogP contribution in [0.15, 0.2) is 30.3 Å². The number of hydrogen-bond donors (Lipinski definition) is 6. The molecule has 11 nitrogen and oxygen atoms in total. The second kappa shape index (κ2) is 8.86. The Labute approximate surface area is 181 Å². The Balaban J connectivity index is 1.89. The summed E-state index contributed by atoms with van der Waals surface area (Å²) in [6, 6.07) is 4.50. The van der Waals surface area contributed by atoms with Gasteiger partial charge in [0.15, 0.2) is 17.5 Å². The summed E-state index contributed by atoms with van der Waals surface area (Å²) in [6.07, 6.45) is 0.596. The summed E-state index contributed by atoms with van der Waals surface area (Å²) in [5, 5.41) is 28.8.